The average Bonchev–Trinajstić information content (AvgIpc) is 3.22. The van der Waals surface area contributed by atoms with Gasteiger partial charge < -0.3 is 24.6 Å². The third-order valence-electron chi connectivity index (χ3n) is 6.35. The molecule has 2 aliphatic rings. The summed E-state index contributed by atoms with van der Waals surface area (Å²) in [4.78, 5) is 15.7. The van der Waals surface area contributed by atoms with Gasteiger partial charge in [-0.2, -0.15) is 0 Å². The Morgan fingerprint density at radius 1 is 0.967 bits per heavy atom. The number of hydrogen-bond acceptors (Lipinski definition) is 3. The van der Waals surface area contributed by atoms with Crippen molar-refractivity contribution in [1.82, 2.24) is 0 Å². The second-order valence-electron chi connectivity index (χ2n) is 8.76. The van der Waals surface area contributed by atoms with E-state index in [9.17, 15) is 4.79 Å². The molecule has 160 valence electrons. The van der Waals surface area contributed by atoms with E-state index in [1.54, 1.807) is 4.90 Å². The number of nitrogens with one attached hydrogen (secondary N) is 3. The highest BCUT2D eigenvalue weighted by Gasteiger charge is 2.31. The average molecular weight is 412 g/mol. The van der Waals surface area contributed by atoms with Crippen molar-refractivity contribution in [3.8, 4) is 11.5 Å². The van der Waals surface area contributed by atoms with E-state index in [2.05, 4.69) is 43.4 Å². The third-order valence-corrected chi connectivity index (χ3v) is 6.35. The summed E-state index contributed by atoms with van der Waals surface area (Å²) in [5.74, 6) is 2.04. The van der Waals surface area contributed by atoms with Crippen LogP contribution in [-0.2, 0) is 11.3 Å². The maximum atomic E-state index is 12.8. The van der Waals surface area contributed by atoms with Gasteiger partial charge in [-0.25, -0.2) is 0 Å². The number of hydrogen-bond donors (Lipinski definition) is 3. The number of benzene rings is 2. The lowest BCUT2D eigenvalue weighted by molar-refractivity contribution is -1.02. The first kappa shape index (κ1) is 20.7. The van der Waals surface area contributed by atoms with Crippen LogP contribution in [0.3, 0.4) is 0 Å². The van der Waals surface area contributed by atoms with E-state index in [4.69, 9.17) is 9.47 Å². The lowest BCUT2D eigenvalue weighted by atomic mass is 10.0. The molecule has 2 aromatic rings. The third kappa shape index (κ3) is 4.77. The standard InChI is InChI=1S/C24H31N3O3/c1-17(2)20-6-4-19(5-7-20)15-26-10-12-27(13-11-26)18(3)24(28)25-21-8-9-22-23(14-21)30-16-29-22/h4-9,14,17-18H,10-13,15-16H2,1-3H3,(H,25,28)/p+2/t18-/m1/s1. The van der Waals surface area contributed by atoms with Crippen LogP contribution in [0.4, 0.5) is 5.69 Å². The van der Waals surface area contributed by atoms with Gasteiger partial charge in [0.15, 0.2) is 17.5 Å². The topological polar surface area (TPSA) is 56.4 Å². The Balaban J connectivity index is 1.26. The summed E-state index contributed by atoms with van der Waals surface area (Å²) in [6, 6.07) is 14.5. The SMILES string of the molecule is CC(C)c1ccc(C[NH+]2CC[NH+]([C@H](C)C(=O)Nc3ccc4c(c3)OCO4)CC2)cc1. The van der Waals surface area contributed by atoms with Crippen LogP contribution in [0, 0.1) is 0 Å². The summed E-state index contributed by atoms with van der Waals surface area (Å²) in [6.45, 7) is 12.0. The Kier molecular flexibility index (Phi) is 6.25. The van der Waals surface area contributed by atoms with E-state index in [1.807, 2.05) is 25.1 Å². The van der Waals surface area contributed by atoms with Crippen LogP contribution in [0.5, 0.6) is 11.5 Å². The number of carbonyl (C=O) groups excluding carboxylic acids is 1. The molecule has 2 aromatic carbocycles. The van der Waals surface area contributed by atoms with Crippen molar-refractivity contribution in [3.05, 3.63) is 53.6 Å². The largest absolute Gasteiger partial charge is 0.454 e. The van der Waals surface area contributed by atoms with E-state index in [0.29, 0.717) is 11.7 Å². The van der Waals surface area contributed by atoms with Gasteiger partial charge in [-0.05, 0) is 30.5 Å². The maximum Gasteiger partial charge on any atom is 0.282 e. The van der Waals surface area contributed by atoms with Crippen molar-refractivity contribution in [1.29, 1.82) is 0 Å². The summed E-state index contributed by atoms with van der Waals surface area (Å²) in [6.07, 6.45) is 0. The second kappa shape index (κ2) is 9.06. The lowest BCUT2D eigenvalue weighted by Crippen LogP contribution is -3.29. The first-order valence-electron chi connectivity index (χ1n) is 11.0. The summed E-state index contributed by atoms with van der Waals surface area (Å²) < 4.78 is 10.7. The van der Waals surface area contributed by atoms with Crippen LogP contribution in [0.2, 0.25) is 0 Å². The van der Waals surface area contributed by atoms with Crippen molar-refractivity contribution in [3.63, 3.8) is 0 Å². The minimum atomic E-state index is -0.0812. The Hall–Kier alpha value is -2.57. The van der Waals surface area contributed by atoms with Gasteiger partial charge in [-0.3, -0.25) is 4.79 Å². The number of fused-ring (bicyclic) bond motifs is 1. The van der Waals surface area contributed by atoms with Crippen molar-refractivity contribution < 1.29 is 24.1 Å². The predicted octanol–water partition coefficient (Wildman–Crippen LogP) is 0.849. The first-order chi connectivity index (χ1) is 14.5. The second-order valence-corrected chi connectivity index (χ2v) is 8.76. The molecule has 1 amide bonds. The van der Waals surface area contributed by atoms with Crippen molar-refractivity contribution in [2.75, 3.05) is 38.3 Å². The lowest BCUT2D eigenvalue weighted by Gasteiger charge is -2.32. The predicted molar refractivity (Wildman–Crippen MR) is 116 cm³/mol. The van der Waals surface area contributed by atoms with Crippen LogP contribution in [0.1, 0.15) is 37.8 Å². The van der Waals surface area contributed by atoms with E-state index >= 15 is 0 Å². The van der Waals surface area contributed by atoms with Crippen molar-refractivity contribution in [2.45, 2.75) is 39.3 Å². The minimum absolute atomic E-state index is 0.0524. The molecule has 0 unspecified atom stereocenters. The van der Waals surface area contributed by atoms with E-state index < -0.39 is 0 Å². The number of piperazine rings is 1. The molecule has 3 N–H and O–H groups in total. The molecular formula is C24H33N3O3+2. The van der Waals surface area contributed by atoms with Gasteiger partial charge >= 0.3 is 0 Å². The smallest absolute Gasteiger partial charge is 0.282 e. The Bertz CT molecular complexity index is 874. The molecule has 2 aliphatic heterocycles. The maximum absolute atomic E-state index is 12.8. The first-order valence-corrected chi connectivity index (χ1v) is 11.0. The summed E-state index contributed by atoms with van der Waals surface area (Å²) in [5, 5.41) is 3.03. The van der Waals surface area contributed by atoms with Crippen LogP contribution >= 0.6 is 0 Å². The van der Waals surface area contributed by atoms with Crippen LogP contribution in [0.15, 0.2) is 42.5 Å². The molecule has 1 atom stereocenters. The molecule has 1 fully saturated rings. The molecule has 2 heterocycles. The number of ether oxygens (including phenoxy) is 2. The van der Waals surface area contributed by atoms with Crippen LogP contribution < -0.4 is 24.6 Å². The summed E-state index contributed by atoms with van der Waals surface area (Å²) in [5.41, 5.74) is 3.54. The normalized spacial score (nSPS) is 21.5. The molecule has 1 saturated heterocycles. The highest BCUT2D eigenvalue weighted by Crippen LogP contribution is 2.34. The monoisotopic (exact) mass is 411 g/mol. The summed E-state index contributed by atoms with van der Waals surface area (Å²) >= 11 is 0. The Morgan fingerprint density at radius 3 is 2.37 bits per heavy atom. The number of anilines is 1. The van der Waals surface area contributed by atoms with Gasteiger partial charge in [0.1, 0.15) is 32.7 Å². The zero-order valence-electron chi connectivity index (χ0n) is 18.2. The quantitative estimate of drug-likeness (QED) is 0.661. The van der Waals surface area contributed by atoms with Crippen LogP contribution in [-0.4, -0.2) is 44.9 Å². The molecule has 0 radical (unpaired) electrons. The molecule has 0 aliphatic carbocycles. The number of rotatable bonds is 6. The van der Waals surface area contributed by atoms with Gasteiger partial charge in [0.05, 0.1) is 0 Å². The molecule has 6 nitrogen and oxygen atoms in total. The van der Waals surface area contributed by atoms with Crippen molar-refractivity contribution >= 4 is 11.6 Å². The number of carbonyl (C=O) groups is 1. The Labute approximate surface area is 178 Å². The number of quaternary nitrogens is 2. The number of amides is 1. The highest BCUT2D eigenvalue weighted by molar-refractivity contribution is 5.94. The molecule has 4 rings (SSSR count). The molecule has 0 spiro atoms. The fourth-order valence-corrected chi connectivity index (χ4v) is 4.25. The highest BCUT2D eigenvalue weighted by atomic mass is 16.7. The fourth-order valence-electron chi connectivity index (χ4n) is 4.25. The molecule has 0 saturated carbocycles. The zero-order valence-corrected chi connectivity index (χ0v) is 18.2. The van der Waals surface area contributed by atoms with Gasteiger partial charge in [0, 0.05) is 17.3 Å². The Morgan fingerprint density at radius 2 is 1.67 bits per heavy atom. The van der Waals surface area contributed by atoms with E-state index in [-0.39, 0.29) is 18.7 Å². The zero-order chi connectivity index (χ0) is 21.1. The molecule has 6 heteroatoms. The summed E-state index contributed by atoms with van der Waals surface area (Å²) in [7, 11) is 0. The van der Waals surface area contributed by atoms with Gasteiger partial charge in [0.25, 0.3) is 5.91 Å². The van der Waals surface area contributed by atoms with Gasteiger partial charge in [-0.1, -0.05) is 38.1 Å². The van der Waals surface area contributed by atoms with E-state index in [0.717, 1.165) is 44.2 Å². The van der Waals surface area contributed by atoms with E-state index in [1.165, 1.54) is 16.0 Å². The molecule has 0 aromatic heterocycles. The molecule has 30 heavy (non-hydrogen) atoms. The van der Waals surface area contributed by atoms with Gasteiger partial charge in [-0.15, -0.1) is 0 Å². The molecule has 0 bridgehead atoms. The van der Waals surface area contributed by atoms with Gasteiger partial charge in [0.2, 0.25) is 6.79 Å². The minimum Gasteiger partial charge on any atom is -0.454 e. The molecular weight excluding hydrogens is 378 g/mol. The van der Waals surface area contributed by atoms with Crippen molar-refractivity contribution in [2.24, 2.45) is 0 Å². The fraction of sp³-hybridized carbons (Fsp3) is 0.458. The van der Waals surface area contributed by atoms with Crippen LogP contribution in [0.25, 0.3) is 0 Å².